The summed E-state index contributed by atoms with van der Waals surface area (Å²) in [6.07, 6.45) is 7.20. The van der Waals surface area contributed by atoms with Crippen molar-refractivity contribution in [2.75, 3.05) is 19.8 Å². The van der Waals surface area contributed by atoms with Gasteiger partial charge in [-0.3, -0.25) is 0 Å². The van der Waals surface area contributed by atoms with Crippen molar-refractivity contribution in [2.24, 2.45) is 17.8 Å². The van der Waals surface area contributed by atoms with Crippen molar-refractivity contribution in [2.45, 2.75) is 38.1 Å². The normalized spacial score (nSPS) is 32.8. The highest BCUT2D eigenvalue weighted by Gasteiger charge is 2.41. The predicted molar refractivity (Wildman–Crippen MR) is 56.2 cm³/mol. The van der Waals surface area contributed by atoms with Crippen LogP contribution in [0.25, 0.3) is 0 Å². The lowest BCUT2D eigenvalue weighted by molar-refractivity contribution is 0.184. The number of rotatable bonds is 5. The molecule has 2 heteroatoms. The zero-order valence-electron chi connectivity index (χ0n) is 8.87. The fraction of sp³-hybridized carbons (Fsp3) is 1.00. The SMILES string of the molecule is C1CC(CNC(C2CC2)C2CC2)CO1. The van der Waals surface area contributed by atoms with Crippen molar-refractivity contribution >= 4 is 0 Å². The second kappa shape index (κ2) is 3.82. The molecule has 1 saturated heterocycles. The molecule has 2 nitrogen and oxygen atoms in total. The summed E-state index contributed by atoms with van der Waals surface area (Å²) in [6, 6.07) is 0.871. The van der Waals surface area contributed by atoms with Gasteiger partial charge in [-0.05, 0) is 49.9 Å². The molecule has 80 valence electrons. The summed E-state index contributed by atoms with van der Waals surface area (Å²) in [5.41, 5.74) is 0. The smallest absolute Gasteiger partial charge is 0.0507 e. The van der Waals surface area contributed by atoms with E-state index in [1.165, 1.54) is 38.6 Å². The highest BCUT2D eigenvalue weighted by Crippen LogP contribution is 2.44. The molecule has 0 aromatic rings. The lowest BCUT2D eigenvalue weighted by atomic mass is 10.0. The van der Waals surface area contributed by atoms with E-state index in [0.29, 0.717) is 0 Å². The van der Waals surface area contributed by atoms with Crippen LogP contribution in [0.2, 0.25) is 0 Å². The van der Waals surface area contributed by atoms with Crippen molar-refractivity contribution < 1.29 is 4.74 Å². The van der Waals surface area contributed by atoms with Crippen LogP contribution < -0.4 is 5.32 Å². The Balaban J connectivity index is 1.44. The van der Waals surface area contributed by atoms with Crippen LogP contribution in [0, 0.1) is 17.8 Å². The molecule has 1 unspecified atom stereocenters. The van der Waals surface area contributed by atoms with Crippen LogP contribution in [0.15, 0.2) is 0 Å². The van der Waals surface area contributed by atoms with Crippen molar-refractivity contribution in [3.8, 4) is 0 Å². The monoisotopic (exact) mass is 195 g/mol. The van der Waals surface area contributed by atoms with Gasteiger partial charge in [0.05, 0.1) is 6.61 Å². The molecule has 1 heterocycles. The van der Waals surface area contributed by atoms with Gasteiger partial charge in [-0.2, -0.15) is 0 Å². The summed E-state index contributed by atoms with van der Waals surface area (Å²) < 4.78 is 5.40. The molecule has 0 radical (unpaired) electrons. The number of hydrogen-bond donors (Lipinski definition) is 1. The summed E-state index contributed by atoms with van der Waals surface area (Å²) in [5, 5.41) is 3.81. The van der Waals surface area contributed by atoms with Gasteiger partial charge >= 0.3 is 0 Å². The summed E-state index contributed by atoms with van der Waals surface area (Å²) in [6.45, 7) is 3.19. The van der Waals surface area contributed by atoms with Crippen molar-refractivity contribution in [3.63, 3.8) is 0 Å². The van der Waals surface area contributed by atoms with Gasteiger partial charge in [-0.15, -0.1) is 0 Å². The van der Waals surface area contributed by atoms with E-state index < -0.39 is 0 Å². The van der Waals surface area contributed by atoms with Crippen LogP contribution in [0.3, 0.4) is 0 Å². The Morgan fingerprint density at radius 2 is 1.79 bits per heavy atom. The topological polar surface area (TPSA) is 21.3 Å². The second-order valence-corrected chi connectivity index (χ2v) is 5.34. The van der Waals surface area contributed by atoms with Crippen LogP contribution in [0.4, 0.5) is 0 Å². The van der Waals surface area contributed by atoms with Crippen LogP contribution in [0.1, 0.15) is 32.1 Å². The fourth-order valence-electron chi connectivity index (χ4n) is 2.68. The fourth-order valence-corrected chi connectivity index (χ4v) is 2.68. The van der Waals surface area contributed by atoms with E-state index in [-0.39, 0.29) is 0 Å². The molecule has 0 bridgehead atoms. The van der Waals surface area contributed by atoms with Gasteiger partial charge in [0.1, 0.15) is 0 Å². The predicted octanol–water partition coefficient (Wildman–Crippen LogP) is 1.80. The van der Waals surface area contributed by atoms with E-state index in [9.17, 15) is 0 Å². The molecule has 0 spiro atoms. The van der Waals surface area contributed by atoms with Gasteiger partial charge < -0.3 is 10.1 Å². The van der Waals surface area contributed by atoms with E-state index in [1.807, 2.05) is 0 Å². The van der Waals surface area contributed by atoms with Gasteiger partial charge in [0, 0.05) is 19.2 Å². The quantitative estimate of drug-likeness (QED) is 0.722. The van der Waals surface area contributed by atoms with Crippen molar-refractivity contribution in [3.05, 3.63) is 0 Å². The Hall–Kier alpha value is -0.0800. The molecule has 2 saturated carbocycles. The Labute approximate surface area is 86.4 Å². The summed E-state index contributed by atoms with van der Waals surface area (Å²) in [4.78, 5) is 0. The third kappa shape index (κ3) is 2.12. The molecular formula is C12H21NO. The molecule has 2 aliphatic carbocycles. The molecule has 0 amide bonds. The third-order valence-corrected chi connectivity index (χ3v) is 3.93. The van der Waals surface area contributed by atoms with Crippen molar-refractivity contribution in [1.82, 2.24) is 5.32 Å². The van der Waals surface area contributed by atoms with Gasteiger partial charge in [0.2, 0.25) is 0 Å². The number of nitrogens with one attached hydrogen (secondary N) is 1. The van der Waals surface area contributed by atoms with Gasteiger partial charge in [-0.25, -0.2) is 0 Å². The molecule has 1 N–H and O–H groups in total. The van der Waals surface area contributed by atoms with E-state index >= 15 is 0 Å². The third-order valence-electron chi connectivity index (χ3n) is 3.93. The minimum atomic E-state index is 0.801. The standard InChI is InChI=1S/C12H21NO/c1-2-10(1)12(11-3-4-11)13-7-9-5-6-14-8-9/h9-13H,1-8H2. The molecule has 3 fully saturated rings. The second-order valence-electron chi connectivity index (χ2n) is 5.34. The molecule has 3 aliphatic rings. The molecule has 14 heavy (non-hydrogen) atoms. The zero-order chi connectivity index (χ0) is 9.38. The molecular weight excluding hydrogens is 174 g/mol. The first-order valence-corrected chi connectivity index (χ1v) is 6.24. The molecule has 3 rings (SSSR count). The number of ether oxygens (including phenoxy) is 1. The van der Waals surface area contributed by atoms with Crippen LogP contribution in [-0.4, -0.2) is 25.8 Å². The summed E-state index contributed by atoms with van der Waals surface area (Å²) >= 11 is 0. The minimum Gasteiger partial charge on any atom is -0.381 e. The highest BCUT2D eigenvalue weighted by atomic mass is 16.5. The molecule has 0 aromatic carbocycles. The first-order chi connectivity index (χ1) is 6.93. The van der Waals surface area contributed by atoms with Gasteiger partial charge in [-0.1, -0.05) is 0 Å². The van der Waals surface area contributed by atoms with Crippen molar-refractivity contribution in [1.29, 1.82) is 0 Å². The van der Waals surface area contributed by atoms with E-state index in [1.54, 1.807) is 0 Å². The largest absolute Gasteiger partial charge is 0.381 e. The average molecular weight is 195 g/mol. The maximum Gasteiger partial charge on any atom is 0.0507 e. The van der Waals surface area contributed by atoms with Gasteiger partial charge in [0.15, 0.2) is 0 Å². The van der Waals surface area contributed by atoms with E-state index in [0.717, 1.165) is 37.0 Å². The molecule has 0 aromatic heterocycles. The Morgan fingerprint density at radius 1 is 1.07 bits per heavy atom. The van der Waals surface area contributed by atoms with E-state index in [2.05, 4.69) is 5.32 Å². The zero-order valence-corrected chi connectivity index (χ0v) is 8.87. The maximum atomic E-state index is 5.40. The molecule has 1 aliphatic heterocycles. The summed E-state index contributed by atoms with van der Waals surface area (Å²) in [7, 11) is 0. The minimum absolute atomic E-state index is 0.801. The number of hydrogen-bond acceptors (Lipinski definition) is 2. The first-order valence-electron chi connectivity index (χ1n) is 6.24. The van der Waals surface area contributed by atoms with Crippen LogP contribution in [0.5, 0.6) is 0 Å². The van der Waals surface area contributed by atoms with Gasteiger partial charge in [0.25, 0.3) is 0 Å². The Bertz CT molecular complexity index is 180. The Morgan fingerprint density at radius 3 is 2.29 bits per heavy atom. The van der Waals surface area contributed by atoms with E-state index in [4.69, 9.17) is 4.74 Å². The summed E-state index contributed by atoms with van der Waals surface area (Å²) in [5.74, 6) is 2.87. The first kappa shape index (κ1) is 9.17. The average Bonchev–Trinajstić information content (AvgIpc) is 3.09. The van der Waals surface area contributed by atoms with Crippen LogP contribution >= 0.6 is 0 Å². The highest BCUT2D eigenvalue weighted by molar-refractivity contribution is 4.96. The maximum absolute atomic E-state index is 5.40. The molecule has 1 atom stereocenters. The lowest BCUT2D eigenvalue weighted by Crippen LogP contribution is -2.36. The lowest BCUT2D eigenvalue weighted by Gasteiger charge is -2.19. The van der Waals surface area contributed by atoms with Crippen LogP contribution in [-0.2, 0) is 4.74 Å². The Kier molecular flexibility index (Phi) is 2.50.